The molecule has 0 bridgehead atoms. The molecule has 1 aliphatic rings. The van der Waals surface area contributed by atoms with E-state index in [2.05, 4.69) is 20.6 Å². The molecule has 0 N–H and O–H groups in total. The predicted molar refractivity (Wildman–Crippen MR) is 93.3 cm³/mol. The van der Waals surface area contributed by atoms with E-state index in [1.54, 1.807) is 18.3 Å². The minimum absolute atomic E-state index is 0.582. The number of nitriles is 1. The van der Waals surface area contributed by atoms with Gasteiger partial charge in [0.2, 0.25) is 0 Å². The fourth-order valence-corrected chi connectivity index (χ4v) is 2.95. The summed E-state index contributed by atoms with van der Waals surface area (Å²) in [4.78, 5) is 9.02. The van der Waals surface area contributed by atoms with Crippen LogP contribution < -0.4 is 0 Å². The van der Waals surface area contributed by atoms with E-state index in [9.17, 15) is 0 Å². The van der Waals surface area contributed by atoms with Crippen molar-refractivity contribution in [2.45, 2.75) is 19.4 Å². The first-order valence-electron chi connectivity index (χ1n) is 7.92. The third kappa shape index (κ3) is 2.91. The lowest BCUT2D eigenvalue weighted by Crippen LogP contribution is -2.01. The Labute approximate surface area is 145 Å². The van der Waals surface area contributed by atoms with Crippen LogP contribution in [0.1, 0.15) is 18.4 Å². The van der Waals surface area contributed by atoms with E-state index >= 15 is 0 Å². The Morgan fingerprint density at radius 3 is 2.67 bits per heavy atom. The Bertz CT molecular complexity index is 917. The zero-order valence-corrected chi connectivity index (χ0v) is 13.7. The molecule has 118 valence electrons. The maximum atomic E-state index is 9.14. The van der Waals surface area contributed by atoms with Gasteiger partial charge in [-0.05, 0) is 43.0 Å². The summed E-state index contributed by atoms with van der Waals surface area (Å²) in [6.07, 6.45) is 6.07. The molecule has 3 aromatic rings. The molecule has 0 atom stereocenters. The normalized spacial score (nSPS) is 13.7. The molecule has 4 rings (SSSR count). The summed E-state index contributed by atoms with van der Waals surface area (Å²) in [5.41, 5.74) is 4.18. The second kappa shape index (κ2) is 6.10. The molecule has 0 aliphatic heterocycles. The van der Waals surface area contributed by atoms with Gasteiger partial charge < -0.3 is 4.57 Å². The van der Waals surface area contributed by atoms with E-state index in [-0.39, 0.29) is 0 Å². The highest BCUT2D eigenvalue weighted by molar-refractivity contribution is 6.30. The summed E-state index contributed by atoms with van der Waals surface area (Å²) in [7, 11) is 0. The zero-order valence-electron chi connectivity index (χ0n) is 13.0. The number of halogens is 1. The van der Waals surface area contributed by atoms with Crippen LogP contribution in [0.15, 0.2) is 48.9 Å². The second-order valence-corrected chi connectivity index (χ2v) is 6.52. The van der Waals surface area contributed by atoms with Crippen LogP contribution in [-0.2, 0) is 6.54 Å². The summed E-state index contributed by atoms with van der Waals surface area (Å²) >= 11 is 6.03. The fourth-order valence-electron chi connectivity index (χ4n) is 2.83. The Kier molecular flexibility index (Phi) is 3.79. The highest BCUT2D eigenvalue weighted by Crippen LogP contribution is 2.36. The number of imidazole rings is 1. The third-order valence-electron chi connectivity index (χ3n) is 4.24. The zero-order chi connectivity index (χ0) is 16.5. The third-order valence-corrected chi connectivity index (χ3v) is 4.49. The van der Waals surface area contributed by atoms with Gasteiger partial charge in [0.15, 0.2) is 0 Å². The predicted octanol–water partition coefficient (Wildman–Crippen LogP) is 4.55. The molecule has 0 unspecified atom stereocenters. The molecule has 1 fully saturated rings. The summed E-state index contributed by atoms with van der Waals surface area (Å²) < 4.78 is 2.19. The van der Waals surface area contributed by atoms with Gasteiger partial charge in [0.25, 0.3) is 0 Å². The Hall–Kier alpha value is -2.64. The van der Waals surface area contributed by atoms with Gasteiger partial charge in [-0.3, -0.25) is 4.98 Å². The van der Waals surface area contributed by atoms with Crippen molar-refractivity contribution in [2.75, 3.05) is 0 Å². The maximum absolute atomic E-state index is 9.14. The molecule has 1 aromatic carbocycles. The van der Waals surface area contributed by atoms with Crippen molar-refractivity contribution in [1.29, 1.82) is 5.26 Å². The van der Waals surface area contributed by atoms with E-state index < -0.39 is 0 Å². The first-order valence-corrected chi connectivity index (χ1v) is 8.30. The number of hydrogen-bond donors (Lipinski definition) is 0. The molecule has 0 amide bonds. The van der Waals surface area contributed by atoms with E-state index in [1.807, 2.05) is 30.6 Å². The standard InChI is InChI=1S/C19H15ClN4/c20-16-5-3-15(4-6-16)19-18(17-9-14(10-21)7-8-22-17)23-12-24(19)11-13-1-2-13/h3-9,12-13H,1-2,11H2. The van der Waals surface area contributed by atoms with Crippen LogP contribution in [0.3, 0.4) is 0 Å². The van der Waals surface area contributed by atoms with Crippen molar-refractivity contribution in [3.8, 4) is 28.7 Å². The maximum Gasteiger partial charge on any atom is 0.115 e. The van der Waals surface area contributed by atoms with Crippen molar-refractivity contribution in [3.05, 3.63) is 59.5 Å². The Balaban J connectivity index is 1.85. The van der Waals surface area contributed by atoms with Gasteiger partial charge in [0, 0.05) is 23.3 Å². The minimum atomic E-state index is 0.582. The minimum Gasteiger partial charge on any atom is -0.330 e. The van der Waals surface area contributed by atoms with Crippen molar-refractivity contribution in [1.82, 2.24) is 14.5 Å². The van der Waals surface area contributed by atoms with Crippen molar-refractivity contribution in [2.24, 2.45) is 5.92 Å². The highest BCUT2D eigenvalue weighted by Gasteiger charge is 2.25. The van der Waals surface area contributed by atoms with Crippen LogP contribution in [0.25, 0.3) is 22.6 Å². The molecule has 1 saturated carbocycles. The number of hydrogen-bond acceptors (Lipinski definition) is 3. The van der Waals surface area contributed by atoms with Gasteiger partial charge in [0.1, 0.15) is 5.69 Å². The molecule has 0 radical (unpaired) electrons. The van der Waals surface area contributed by atoms with E-state index in [4.69, 9.17) is 16.9 Å². The number of rotatable bonds is 4. The highest BCUT2D eigenvalue weighted by atomic mass is 35.5. The SMILES string of the molecule is N#Cc1ccnc(-c2ncn(CC3CC3)c2-c2ccc(Cl)cc2)c1. The van der Waals surface area contributed by atoms with Crippen LogP contribution in [0, 0.1) is 17.2 Å². The molecule has 0 spiro atoms. The number of benzene rings is 1. The molecule has 2 heterocycles. The molecule has 5 heteroatoms. The van der Waals surface area contributed by atoms with E-state index in [1.165, 1.54) is 12.8 Å². The molecule has 4 nitrogen and oxygen atoms in total. The van der Waals surface area contributed by atoms with Crippen LogP contribution in [0.2, 0.25) is 5.02 Å². The lowest BCUT2D eigenvalue weighted by molar-refractivity contribution is 0.631. The number of aromatic nitrogens is 3. The van der Waals surface area contributed by atoms with E-state index in [0.717, 1.165) is 29.4 Å². The summed E-state index contributed by atoms with van der Waals surface area (Å²) in [6.45, 7) is 0.961. The Morgan fingerprint density at radius 2 is 1.96 bits per heavy atom. The smallest absolute Gasteiger partial charge is 0.115 e. The van der Waals surface area contributed by atoms with Crippen molar-refractivity contribution >= 4 is 11.6 Å². The molecule has 2 aromatic heterocycles. The van der Waals surface area contributed by atoms with Crippen molar-refractivity contribution < 1.29 is 0 Å². The van der Waals surface area contributed by atoms with Crippen LogP contribution in [-0.4, -0.2) is 14.5 Å². The van der Waals surface area contributed by atoms with Gasteiger partial charge in [-0.15, -0.1) is 0 Å². The lowest BCUT2D eigenvalue weighted by Gasteiger charge is -2.10. The molecule has 1 aliphatic carbocycles. The molecular weight excluding hydrogens is 320 g/mol. The number of pyridine rings is 1. The van der Waals surface area contributed by atoms with Gasteiger partial charge >= 0.3 is 0 Å². The molecule has 0 saturated heterocycles. The van der Waals surface area contributed by atoms with E-state index in [0.29, 0.717) is 16.3 Å². The summed E-state index contributed by atoms with van der Waals surface area (Å²) in [5, 5.41) is 9.85. The largest absolute Gasteiger partial charge is 0.330 e. The monoisotopic (exact) mass is 334 g/mol. The van der Waals surface area contributed by atoms with Gasteiger partial charge in [-0.2, -0.15) is 5.26 Å². The lowest BCUT2D eigenvalue weighted by atomic mass is 10.1. The second-order valence-electron chi connectivity index (χ2n) is 6.09. The van der Waals surface area contributed by atoms with Crippen LogP contribution >= 0.6 is 11.6 Å². The average molecular weight is 335 g/mol. The van der Waals surface area contributed by atoms with Crippen LogP contribution in [0.5, 0.6) is 0 Å². The first kappa shape index (κ1) is 14.9. The average Bonchev–Trinajstić information content (AvgIpc) is 3.33. The fraction of sp³-hybridized carbons (Fsp3) is 0.211. The van der Waals surface area contributed by atoms with Crippen molar-refractivity contribution in [3.63, 3.8) is 0 Å². The first-order chi connectivity index (χ1) is 11.7. The van der Waals surface area contributed by atoms with Gasteiger partial charge in [-0.25, -0.2) is 4.98 Å². The Morgan fingerprint density at radius 1 is 1.17 bits per heavy atom. The van der Waals surface area contributed by atoms with Crippen LogP contribution in [0.4, 0.5) is 0 Å². The molecule has 24 heavy (non-hydrogen) atoms. The molecular formula is C19H15ClN4. The van der Waals surface area contributed by atoms with Gasteiger partial charge in [-0.1, -0.05) is 23.7 Å². The number of nitrogens with zero attached hydrogens (tertiary/aromatic N) is 4. The summed E-state index contributed by atoms with van der Waals surface area (Å²) in [6, 6.07) is 13.4. The summed E-state index contributed by atoms with van der Waals surface area (Å²) in [5.74, 6) is 0.733. The van der Waals surface area contributed by atoms with Gasteiger partial charge in [0.05, 0.1) is 29.3 Å². The quantitative estimate of drug-likeness (QED) is 0.703. The topological polar surface area (TPSA) is 54.5 Å².